The van der Waals surface area contributed by atoms with E-state index in [2.05, 4.69) is 21.7 Å². The Hall–Kier alpha value is -0.170. The van der Waals surface area contributed by atoms with Gasteiger partial charge in [-0.05, 0) is 39.3 Å². The van der Waals surface area contributed by atoms with Crippen molar-refractivity contribution in [3.05, 3.63) is 0 Å². The Kier molecular flexibility index (Phi) is 4.51. The van der Waals surface area contributed by atoms with Crippen LogP contribution in [-0.2, 0) is 10.2 Å². The molecule has 0 unspecified atom stereocenters. The molecule has 1 fully saturated rings. The fraction of sp³-hybridized carbons (Fsp3) is 1.00. The third-order valence-electron chi connectivity index (χ3n) is 2.48. The number of hydrogen-bond acceptors (Lipinski definition) is 3. The van der Waals surface area contributed by atoms with E-state index in [0.717, 1.165) is 19.5 Å². The molecule has 3 N–H and O–H groups in total. The molecule has 1 aliphatic rings. The minimum atomic E-state index is -3.34. The molecule has 5 nitrogen and oxygen atoms in total. The van der Waals surface area contributed by atoms with Gasteiger partial charge < -0.3 is 5.32 Å². The quantitative estimate of drug-likeness (QED) is 0.633. The van der Waals surface area contributed by atoms with Crippen LogP contribution in [0.1, 0.15) is 27.2 Å². The second-order valence-corrected chi connectivity index (χ2v) is 5.95. The van der Waals surface area contributed by atoms with Crippen LogP contribution in [0.5, 0.6) is 0 Å². The van der Waals surface area contributed by atoms with Gasteiger partial charge in [0.1, 0.15) is 0 Å². The smallest absolute Gasteiger partial charge is 0.277 e. The summed E-state index contributed by atoms with van der Waals surface area (Å²) in [6.45, 7) is 7.42. The Morgan fingerprint density at radius 3 is 2.60 bits per heavy atom. The van der Waals surface area contributed by atoms with Gasteiger partial charge in [-0.25, -0.2) is 0 Å². The summed E-state index contributed by atoms with van der Waals surface area (Å²) in [5, 5.41) is 3.24. The van der Waals surface area contributed by atoms with Crippen LogP contribution in [0.2, 0.25) is 0 Å². The van der Waals surface area contributed by atoms with E-state index in [9.17, 15) is 8.42 Å². The second kappa shape index (κ2) is 5.25. The molecule has 0 aromatic carbocycles. The highest BCUT2D eigenvalue weighted by Gasteiger charge is 2.25. The van der Waals surface area contributed by atoms with Crippen LogP contribution < -0.4 is 14.8 Å². The molecule has 0 aromatic rings. The molecule has 0 radical (unpaired) electrons. The highest BCUT2D eigenvalue weighted by Crippen LogP contribution is 2.10. The molecule has 0 aromatic heterocycles. The molecule has 15 heavy (non-hydrogen) atoms. The lowest BCUT2D eigenvalue weighted by molar-refractivity contribution is 0.326. The van der Waals surface area contributed by atoms with E-state index < -0.39 is 10.2 Å². The number of rotatable bonds is 4. The number of nitrogens with one attached hydrogen (secondary N) is 3. The van der Waals surface area contributed by atoms with Gasteiger partial charge in [0, 0.05) is 12.1 Å². The predicted octanol–water partition coefficient (Wildman–Crippen LogP) is -0.183. The van der Waals surface area contributed by atoms with Crippen molar-refractivity contribution in [2.24, 2.45) is 5.92 Å². The molecular formula is C9H21N3O2S. The molecule has 1 aliphatic heterocycles. The first kappa shape index (κ1) is 12.9. The standard InChI is InChI=1S/C9H21N3O2S/c1-7(2)11-15(13,14)12-9-4-5-10-6-8(9)3/h7-12H,4-6H2,1-3H3/t8-,9-/m1/s1. The van der Waals surface area contributed by atoms with Gasteiger partial charge in [0.2, 0.25) is 0 Å². The number of piperidine rings is 1. The molecule has 0 saturated carbocycles. The lowest BCUT2D eigenvalue weighted by Gasteiger charge is -2.30. The Labute approximate surface area is 92.2 Å². The van der Waals surface area contributed by atoms with Crippen molar-refractivity contribution < 1.29 is 8.42 Å². The zero-order valence-electron chi connectivity index (χ0n) is 9.58. The minimum absolute atomic E-state index is 0.0440. The van der Waals surface area contributed by atoms with Gasteiger partial charge in [0.25, 0.3) is 10.2 Å². The van der Waals surface area contributed by atoms with Crippen LogP contribution in [0, 0.1) is 5.92 Å². The zero-order valence-corrected chi connectivity index (χ0v) is 10.4. The fourth-order valence-corrected chi connectivity index (χ4v) is 3.17. The molecule has 0 bridgehead atoms. The van der Waals surface area contributed by atoms with Crippen LogP contribution in [0.4, 0.5) is 0 Å². The van der Waals surface area contributed by atoms with Crippen molar-refractivity contribution in [1.29, 1.82) is 0 Å². The van der Waals surface area contributed by atoms with Gasteiger partial charge in [0.15, 0.2) is 0 Å². The van der Waals surface area contributed by atoms with Crippen molar-refractivity contribution in [2.75, 3.05) is 13.1 Å². The van der Waals surface area contributed by atoms with E-state index in [0.29, 0.717) is 5.92 Å². The third kappa shape index (κ3) is 4.46. The first-order valence-electron chi connectivity index (χ1n) is 5.41. The molecule has 1 heterocycles. The normalized spacial score (nSPS) is 28.3. The van der Waals surface area contributed by atoms with Crippen molar-refractivity contribution in [3.63, 3.8) is 0 Å². The SMILES string of the molecule is CC(C)NS(=O)(=O)N[C@@H]1CCNC[C@H]1C. The summed E-state index contributed by atoms with van der Waals surface area (Å²) in [5.41, 5.74) is 0. The van der Waals surface area contributed by atoms with E-state index in [1.165, 1.54) is 0 Å². The topological polar surface area (TPSA) is 70.2 Å². The first-order chi connectivity index (χ1) is 6.91. The van der Waals surface area contributed by atoms with E-state index in [1.54, 1.807) is 0 Å². The van der Waals surface area contributed by atoms with Crippen LogP contribution in [0.25, 0.3) is 0 Å². The molecule has 0 aliphatic carbocycles. The first-order valence-corrected chi connectivity index (χ1v) is 6.89. The largest absolute Gasteiger partial charge is 0.316 e. The van der Waals surface area contributed by atoms with Gasteiger partial charge in [-0.3, -0.25) is 0 Å². The van der Waals surface area contributed by atoms with Gasteiger partial charge in [-0.1, -0.05) is 6.92 Å². The Bertz CT molecular complexity index is 290. The van der Waals surface area contributed by atoms with Crippen LogP contribution in [-0.4, -0.2) is 33.6 Å². The fourth-order valence-electron chi connectivity index (χ4n) is 1.73. The Morgan fingerprint density at radius 1 is 1.40 bits per heavy atom. The summed E-state index contributed by atoms with van der Waals surface area (Å²) in [4.78, 5) is 0. The van der Waals surface area contributed by atoms with Crippen LogP contribution >= 0.6 is 0 Å². The van der Waals surface area contributed by atoms with Crippen molar-refractivity contribution >= 4 is 10.2 Å². The third-order valence-corrected chi connectivity index (χ3v) is 3.88. The summed E-state index contributed by atoms with van der Waals surface area (Å²) in [6.07, 6.45) is 0.847. The van der Waals surface area contributed by atoms with Gasteiger partial charge >= 0.3 is 0 Å². The van der Waals surface area contributed by atoms with Crippen molar-refractivity contribution in [1.82, 2.24) is 14.8 Å². The van der Waals surface area contributed by atoms with Crippen LogP contribution in [0.3, 0.4) is 0 Å². The monoisotopic (exact) mass is 235 g/mol. The van der Waals surface area contributed by atoms with E-state index in [-0.39, 0.29) is 12.1 Å². The second-order valence-electron chi connectivity index (χ2n) is 4.47. The molecular weight excluding hydrogens is 214 g/mol. The molecule has 0 amide bonds. The highest BCUT2D eigenvalue weighted by molar-refractivity contribution is 7.87. The summed E-state index contributed by atoms with van der Waals surface area (Å²) in [6, 6.07) is -0.0259. The number of hydrogen-bond donors (Lipinski definition) is 3. The summed E-state index contributed by atoms with van der Waals surface area (Å²) >= 11 is 0. The van der Waals surface area contributed by atoms with E-state index >= 15 is 0 Å². The van der Waals surface area contributed by atoms with Crippen molar-refractivity contribution in [2.45, 2.75) is 39.3 Å². The molecule has 90 valence electrons. The zero-order chi connectivity index (χ0) is 11.5. The average molecular weight is 235 g/mol. The van der Waals surface area contributed by atoms with Gasteiger partial charge in [0.05, 0.1) is 0 Å². The summed E-state index contributed by atoms with van der Waals surface area (Å²) < 4.78 is 28.4. The molecule has 0 spiro atoms. The molecule has 6 heteroatoms. The molecule has 1 saturated heterocycles. The maximum absolute atomic E-state index is 11.6. The van der Waals surface area contributed by atoms with E-state index in [4.69, 9.17) is 0 Å². The average Bonchev–Trinajstić information content (AvgIpc) is 2.06. The summed E-state index contributed by atoms with van der Waals surface area (Å²) in [7, 11) is -3.34. The molecule has 1 rings (SSSR count). The maximum Gasteiger partial charge on any atom is 0.277 e. The Balaban J connectivity index is 2.52. The Morgan fingerprint density at radius 2 is 2.07 bits per heavy atom. The predicted molar refractivity (Wildman–Crippen MR) is 60.8 cm³/mol. The highest BCUT2D eigenvalue weighted by atomic mass is 32.2. The van der Waals surface area contributed by atoms with E-state index in [1.807, 2.05) is 13.8 Å². The van der Waals surface area contributed by atoms with Gasteiger partial charge in [-0.2, -0.15) is 17.9 Å². The lowest BCUT2D eigenvalue weighted by atomic mass is 9.97. The van der Waals surface area contributed by atoms with Crippen LogP contribution in [0.15, 0.2) is 0 Å². The maximum atomic E-state index is 11.6. The minimum Gasteiger partial charge on any atom is -0.316 e. The lowest BCUT2D eigenvalue weighted by Crippen LogP contribution is -2.52. The summed E-state index contributed by atoms with van der Waals surface area (Å²) in [5.74, 6) is 0.336. The molecule has 2 atom stereocenters. The van der Waals surface area contributed by atoms with Gasteiger partial charge in [-0.15, -0.1) is 0 Å². The van der Waals surface area contributed by atoms with Crippen molar-refractivity contribution in [3.8, 4) is 0 Å².